The van der Waals surface area contributed by atoms with Gasteiger partial charge in [0, 0.05) is 6.54 Å². The van der Waals surface area contributed by atoms with E-state index in [4.69, 9.17) is 5.11 Å². The standard InChI is InChI=1S/C10H21NO/c1-8-4-3-5-10(8)7-11-6-9(2)12/h8-12H,3-7H2,1-2H3/t8?,9-,10?/m1/s1. The Labute approximate surface area is 75.4 Å². The molecule has 72 valence electrons. The zero-order valence-corrected chi connectivity index (χ0v) is 8.21. The van der Waals surface area contributed by atoms with E-state index in [0.29, 0.717) is 0 Å². The summed E-state index contributed by atoms with van der Waals surface area (Å²) in [5, 5.41) is 12.3. The van der Waals surface area contributed by atoms with Gasteiger partial charge >= 0.3 is 0 Å². The third kappa shape index (κ3) is 3.11. The van der Waals surface area contributed by atoms with Crippen molar-refractivity contribution in [3.05, 3.63) is 0 Å². The molecule has 0 aliphatic heterocycles. The molecule has 2 heteroatoms. The smallest absolute Gasteiger partial charge is 0.0636 e. The lowest BCUT2D eigenvalue weighted by Gasteiger charge is -2.16. The number of hydrogen-bond donors (Lipinski definition) is 2. The minimum Gasteiger partial charge on any atom is -0.392 e. The summed E-state index contributed by atoms with van der Waals surface area (Å²) >= 11 is 0. The fourth-order valence-electron chi connectivity index (χ4n) is 2.00. The first-order valence-electron chi connectivity index (χ1n) is 5.09. The highest BCUT2D eigenvalue weighted by Gasteiger charge is 2.22. The van der Waals surface area contributed by atoms with Crippen molar-refractivity contribution in [2.45, 2.75) is 39.2 Å². The molecule has 0 heterocycles. The van der Waals surface area contributed by atoms with Crippen molar-refractivity contribution in [2.24, 2.45) is 11.8 Å². The van der Waals surface area contributed by atoms with Gasteiger partial charge in [0.05, 0.1) is 6.10 Å². The van der Waals surface area contributed by atoms with E-state index in [-0.39, 0.29) is 6.10 Å². The van der Waals surface area contributed by atoms with Gasteiger partial charge in [0.25, 0.3) is 0 Å². The molecule has 0 aromatic carbocycles. The summed E-state index contributed by atoms with van der Waals surface area (Å²) in [6.45, 7) is 5.99. The van der Waals surface area contributed by atoms with Gasteiger partial charge in [-0.15, -0.1) is 0 Å². The topological polar surface area (TPSA) is 32.3 Å². The molecule has 0 saturated heterocycles. The molecule has 1 saturated carbocycles. The molecule has 2 unspecified atom stereocenters. The molecule has 0 aromatic rings. The van der Waals surface area contributed by atoms with Crippen LogP contribution in [0.2, 0.25) is 0 Å². The van der Waals surface area contributed by atoms with Gasteiger partial charge in [-0.25, -0.2) is 0 Å². The first kappa shape index (κ1) is 10.0. The molecule has 0 bridgehead atoms. The van der Waals surface area contributed by atoms with Crippen LogP contribution in [0.3, 0.4) is 0 Å². The van der Waals surface area contributed by atoms with Gasteiger partial charge in [0.1, 0.15) is 0 Å². The Hall–Kier alpha value is -0.0800. The van der Waals surface area contributed by atoms with Gasteiger partial charge in [0.15, 0.2) is 0 Å². The average molecular weight is 171 g/mol. The molecule has 0 spiro atoms. The van der Waals surface area contributed by atoms with Crippen molar-refractivity contribution < 1.29 is 5.11 Å². The predicted molar refractivity (Wildman–Crippen MR) is 51.1 cm³/mol. The van der Waals surface area contributed by atoms with Crippen molar-refractivity contribution in [3.63, 3.8) is 0 Å². The highest BCUT2D eigenvalue weighted by Crippen LogP contribution is 2.30. The molecule has 2 N–H and O–H groups in total. The Morgan fingerprint density at radius 1 is 1.50 bits per heavy atom. The Morgan fingerprint density at radius 2 is 2.25 bits per heavy atom. The monoisotopic (exact) mass is 171 g/mol. The third-order valence-corrected chi connectivity index (χ3v) is 2.89. The zero-order chi connectivity index (χ0) is 8.97. The normalized spacial score (nSPS) is 32.2. The van der Waals surface area contributed by atoms with Crippen LogP contribution in [0.4, 0.5) is 0 Å². The second-order valence-electron chi connectivity index (χ2n) is 4.18. The molecule has 0 amide bonds. The fourth-order valence-corrected chi connectivity index (χ4v) is 2.00. The van der Waals surface area contributed by atoms with Crippen molar-refractivity contribution in [1.29, 1.82) is 0 Å². The molecule has 3 atom stereocenters. The maximum Gasteiger partial charge on any atom is 0.0636 e. The SMILES string of the molecule is CC1CCCC1CNC[C@@H](C)O. The molecule has 1 fully saturated rings. The number of aliphatic hydroxyl groups excluding tert-OH is 1. The van der Waals surface area contributed by atoms with E-state index < -0.39 is 0 Å². The Kier molecular flexibility index (Phi) is 4.02. The molecule has 1 aliphatic carbocycles. The van der Waals surface area contributed by atoms with Crippen LogP contribution in [0.1, 0.15) is 33.1 Å². The minimum absolute atomic E-state index is 0.207. The van der Waals surface area contributed by atoms with Crippen LogP contribution in [0, 0.1) is 11.8 Å². The summed E-state index contributed by atoms with van der Waals surface area (Å²) in [7, 11) is 0. The molecular formula is C10H21NO. The van der Waals surface area contributed by atoms with E-state index in [1.165, 1.54) is 19.3 Å². The molecular weight excluding hydrogens is 150 g/mol. The number of rotatable bonds is 4. The summed E-state index contributed by atoms with van der Waals surface area (Å²) in [5.74, 6) is 1.73. The lowest BCUT2D eigenvalue weighted by molar-refractivity contribution is 0.187. The second kappa shape index (κ2) is 4.83. The van der Waals surface area contributed by atoms with Crippen LogP contribution in [0.5, 0.6) is 0 Å². The van der Waals surface area contributed by atoms with E-state index in [2.05, 4.69) is 12.2 Å². The maximum absolute atomic E-state index is 9.03. The molecule has 0 aromatic heterocycles. The van der Waals surface area contributed by atoms with Crippen LogP contribution in [-0.4, -0.2) is 24.3 Å². The number of hydrogen-bond acceptors (Lipinski definition) is 2. The highest BCUT2D eigenvalue weighted by atomic mass is 16.3. The summed E-state index contributed by atoms with van der Waals surface area (Å²) in [4.78, 5) is 0. The second-order valence-corrected chi connectivity index (χ2v) is 4.18. The van der Waals surface area contributed by atoms with E-state index in [9.17, 15) is 0 Å². The molecule has 1 aliphatic rings. The van der Waals surface area contributed by atoms with Gasteiger partial charge in [-0.2, -0.15) is 0 Å². The Morgan fingerprint density at radius 3 is 2.75 bits per heavy atom. The van der Waals surface area contributed by atoms with Gasteiger partial charge in [-0.1, -0.05) is 19.8 Å². The van der Waals surface area contributed by atoms with Crippen molar-refractivity contribution in [2.75, 3.05) is 13.1 Å². The van der Waals surface area contributed by atoms with E-state index in [1.807, 2.05) is 6.92 Å². The van der Waals surface area contributed by atoms with E-state index in [1.54, 1.807) is 0 Å². The summed E-state index contributed by atoms with van der Waals surface area (Å²) in [6, 6.07) is 0. The quantitative estimate of drug-likeness (QED) is 0.670. The zero-order valence-electron chi connectivity index (χ0n) is 8.21. The third-order valence-electron chi connectivity index (χ3n) is 2.89. The molecule has 2 nitrogen and oxygen atoms in total. The predicted octanol–water partition coefficient (Wildman–Crippen LogP) is 1.39. The summed E-state index contributed by atoms with van der Waals surface area (Å²) in [5.41, 5.74) is 0. The first-order chi connectivity index (χ1) is 5.70. The number of nitrogens with one attached hydrogen (secondary N) is 1. The van der Waals surface area contributed by atoms with Gasteiger partial charge < -0.3 is 10.4 Å². The van der Waals surface area contributed by atoms with E-state index >= 15 is 0 Å². The van der Waals surface area contributed by atoms with Gasteiger partial charge in [0.2, 0.25) is 0 Å². The maximum atomic E-state index is 9.03. The largest absolute Gasteiger partial charge is 0.392 e. The molecule has 1 rings (SSSR count). The fraction of sp³-hybridized carbons (Fsp3) is 1.00. The van der Waals surface area contributed by atoms with Crippen LogP contribution in [-0.2, 0) is 0 Å². The van der Waals surface area contributed by atoms with Crippen LogP contribution in [0.25, 0.3) is 0 Å². The molecule has 0 radical (unpaired) electrons. The van der Waals surface area contributed by atoms with Crippen LogP contribution < -0.4 is 5.32 Å². The Bertz CT molecular complexity index is 125. The minimum atomic E-state index is -0.207. The highest BCUT2D eigenvalue weighted by molar-refractivity contribution is 4.76. The van der Waals surface area contributed by atoms with Crippen molar-refractivity contribution in [1.82, 2.24) is 5.32 Å². The number of aliphatic hydroxyl groups is 1. The van der Waals surface area contributed by atoms with Crippen LogP contribution in [0.15, 0.2) is 0 Å². The Balaban J connectivity index is 2.06. The van der Waals surface area contributed by atoms with Gasteiger partial charge in [-0.05, 0) is 31.7 Å². The first-order valence-corrected chi connectivity index (χ1v) is 5.09. The lowest BCUT2D eigenvalue weighted by atomic mass is 9.98. The van der Waals surface area contributed by atoms with Crippen molar-refractivity contribution in [3.8, 4) is 0 Å². The summed E-state index contributed by atoms with van der Waals surface area (Å²) in [6.07, 6.45) is 3.94. The van der Waals surface area contributed by atoms with Crippen LogP contribution >= 0.6 is 0 Å². The van der Waals surface area contributed by atoms with Gasteiger partial charge in [-0.3, -0.25) is 0 Å². The summed E-state index contributed by atoms with van der Waals surface area (Å²) < 4.78 is 0. The molecule has 12 heavy (non-hydrogen) atoms. The average Bonchev–Trinajstić information content (AvgIpc) is 2.36. The van der Waals surface area contributed by atoms with Crippen molar-refractivity contribution >= 4 is 0 Å². The van der Waals surface area contributed by atoms with E-state index in [0.717, 1.165) is 24.9 Å². The lowest BCUT2D eigenvalue weighted by Crippen LogP contribution is -2.30.